The number of rotatable bonds is 6. The molecule has 0 aliphatic rings. The van der Waals surface area contributed by atoms with E-state index in [0.717, 1.165) is 0 Å². The third kappa shape index (κ3) is 4.69. The first-order valence-electron chi connectivity index (χ1n) is 10.8. The molecule has 1 amide bonds. The highest BCUT2D eigenvalue weighted by atomic mass is 16.5. The van der Waals surface area contributed by atoms with Gasteiger partial charge in [-0.15, -0.1) is 0 Å². The van der Waals surface area contributed by atoms with Crippen LogP contribution in [0.4, 0.5) is 11.6 Å². The molecule has 5 rings (SSSR count). The predicted molar refractivity (Wildman–Crippen MR) is 124 cm³/mol. The minimum absolute atomic E-state index is 0.170. The molecule has 35 heavy (non-hydrogen) atoms. The summed E-state index contributed by atoms with van der Waals surface area (Å²) in [5.41, 5.74) is 1.70. The molecule has 0 aliphatic heterocycles. The number of hydrogen-bond acceptors (Lipinski definition) is 11. The number of fused-ring (bicyclic) bond motifs is 1. The Balaban J connectivity index is 1.29. The van der Waals surface area contributed by atoms with Gasteiger partial charge in [-0.1, -0.05) is 31.1 Å². The van der Waals surface area contributed by atoms with Crippen molar-refractivity contribution in [2.45, 2.75) is 39.2 Å². The molecule has 0 radical (unpaired) electrons. The first-order valence-corrected chi connectivity index (χ1v) is 10.8. The van der Waals surface area contributed by atoms with Crippen LogP contribution in [0.2, 0.25) is 0 Å². The van der Waals surface area contributed by atoms with Gasteiger partial charge in [-0.2, -0.15) is 0 Å². The quantitative estimate of drug-likeness (QED) is 0.329. The third-order valence-corrected chi connectivity index (χ3v) is 5.05. The normalized spacial score (nSPS) is 12.6. The SMILES string of the molecule is CC(NC(=O)c1cc(Nc2ccon2)ncn1)c1cc(-c2nc3nc(C(C)(C)C)ncc3[nH]2)no1. The molecule has 178 valence electrons. The number of nitrogens with one attached hydrogen (secondary N) is 3. The molecule has 1 atom stereocenters. The average Bonchev–Trinajstić information content (AvgIpc) is 3.58. The van der Waals surface area contributed by atoms with Crippen LogP contribution in [0.5, 0.6) is 0 Å². The predicted octanol–water partition coefficient (Wildman–Crippen LogP) is 3.32. The maximum Gasteiger partial charge on any atom is 0.270 e. The van der Waals surface area contributed by atoms with E-state index in [1.807, 2.05) is 20.8 Å². The van der Waals surface area contributed by atoms with Crippen molar-refractivity contribution in [2.24, 2.45) is 0 Å². The monoisotopic (exact) mass is 474 g/mol. The van der Waals surface area contributed by atoms with Crippen LogP contribution in [-0.4, -0.2) is 46.1 Å². The number of aromatic amines is 1. The van der Waals surface area contributed by atoms with E-state index >= 15 is 0 Å². The van der Waals surface area contributed by atoms with Gasteiger partial charge in [-0.05, 0) is 6.92 Å². The summed E-state index contributed by atoms with van der Waals surface area (Å²) in [6, 6.07) is 4.35. The zero-order chi connectivity index (χ0) is 24.6. The number of aromatic nitrogens is 8. The highest BCUT2D eigenvalue weighted by molar-refractivity contribution is 5.93. The van der Waals surface area contributed by atoms with Crippen molar-refractivity contribution < 1.29 is 13.8 Å². The molecule has 0 saturated heterocycles. The Hall–Kier alpha value is -4.68. The number of hydrogen-bond donors (Lipinski definition) is 3. The lowest BCUT2D eigenvalue weighted by Gasteiger charge is -2.15. The average molecular weight is 474 g/mol. The van der Waals surface area contributed by atoms with E-state index in [1.54, 1.807) is 25.3 Å². The second-order valence-electron chi connectivity index (χ2n) is 8.87. The second kappa shape index (κ2) is 8.59. The lowest BCUT2D eigenvalue weighted by molar-refractivity contribution is 0.0928. The van der Waals surface area contributed by atoms with Crippen molar-refractivity contribution in [3.05, 3.63) is 54.3 Å². The molecule has 0 spiro atoms. The Morgan fingerprint density at radius 1 is 1.09 bits per heavy atom. The summed E-state index contributed by atoms with van der Waals surface area (Å²) in [5.74, 6) is 2.10. The molecule has 5 aromatic rings. The fourth-order valence-corrected chi connectivity index (χ4v) is 3.20. The number of amides is 1. The fourth-order valence-electron chi connectivity index (χ4n) is 3.20. The Kier molecular flexibility index (Phi) is 5.43. The summed E-state index contributed by atoms with van der Waals surface area (Å²) in [4.78, 5) is 37.5. The van der Waals surface area contributed by atoms with E-state index in [2.05, 4.69) is 50.9 Å². The van der Waals surface area contributed by atoms with Crippen molar-refractivity contribution in [3.8, 4) is 11.5 Å². The number of H-pyrrole nitrogens is 1. The molecule has 1 unspecified atom stereocenters. The van der Waals surface area contributed by atoms with Gasteiger partial charge in [0.05, 0.1) is 12.2 Å². The first-order chi connectivity index (χ1) is 16.8. The number of nitrogens with zero attached hydrogens (tertiary/aromatic N) is 7. The van der Waals surface area contributed by atoms with Crippen molar-refractivity contribution >= 4 is 28.7 Å². The molecule has 0 saturated carbocycles. The smallest absolute Gasteiger partial charge is 0.270 e. The summed E-state index contributed by atoms with van der Waals surface area (Å²) in [5, 5.41) is 13.6. The van der Waals surface area contributed by atoms with Crippen LogP contribution >= 0.6 is 0 Å². The van der Waals surface area contributed by atoms with E-state index in [9.17, 15) is 4.79 Å². The van der Waals surface area contributed by atoms with Crippen LogP contribution in [0.1, 0.15) is 55.8 Å². The Morgan fingerprint density at radius 2 is 1.94 bits per heavy atom. The van der Waals surface area contributed by atoms with Crippen molar-refractivity contribution in [1.82, 2.24) is 45.5 Å². The van der Waals surface area contributed by atoms with Crippen molar-refractivity contribution in [1.29, 1.82) is 0 Å². The van der Waals surface area contributed by atoms with Gasteiger partial charge in [0, 0.05) is 23.6 Å². The molecule has 5 heterocycles. The van der Waals surface area contributed by atoms with Gasteiger partial charge in [0.15, 0.2) is 23.0 Å². The van der Waals surface area contributed by atoms with Gasteiger partial charge >= 0.3 is 0 Å². The Labute approximate surface area is 198 Å². The molecule has 5 aromatic heterocycles. The molecule has 0 fully saturated rings. The molecule has 13 nitrogen and oxygen atoms in total. The molecule has 0 bridgehead atoms. The van der Waals surface area contributed by atoms with Crippen LogP contribution in [0.3, 0.4) is 0 Å². The van der Waals surface area contributed by atoms with E-state index in [-0.39, 0.29) is 11.1 Å². The molecular formula is C22H22N10O3. The molecule has 3 N–H and O–H groups in total. The summed E-state index contributed by atoms with van der Waals surface area (Å²) in [6.45, 7) is 7.89. The number of imidazole rings is 1. The topological polar surface area (TPSA) is 173 Å². The third-order valence-electron chi connectivity index (χ3n) is 5.05. The Morgan fingerprint density at radius 3 is 2.71 bits per heavy atom. The van der Waals surface area contributed by atoms with Crippen LogP contribution in [0, 0.1) is 0 Å². The standard InChI is InChI=1S/C22H22N10O3/c1-11(26-20(33)13-8-17(25-10-24-13)28-16-5-6-34-32-16)15-7-12(31-35-15)18-27-14-9-23-21(22(2,3)4)30-19(14)29-18/h5-11H,1-4H3,(H,26,33)(H,23,27,29,30)(H,24,25,28,32). The summed E-state index contributed by atoms with van der Waals surface area (Å²) < 4.78 is 10.2. The van der Waals surface area contributed by atoms with E-state index in [1.165, 1.54) is 18.7 Å². The second-order valence-corrected chi connectivity index (χ2v) is 8.87. The number of carbonyl (C=O) groups excluding carboxylic acids is 1. The number of carbonyl (C=O) groups is 1. The van der Waals surface area contributed by atoms with Crippen LogP contribution in [0.25, 0.3) is 22.7 Å². The maximum absolute atomic E-state index is 12.7. The number of anilines is 2. The van der Waals surface area contributed by atoms with Gasteiger partial charge in [0.2, 0.25) is 0 Å². The van der Waals surface area contributed by atoms with Gasteiger partial charge < -0.3 is 24.7 Å². The zero-order valence-corrected chi connectivity index (χ0v) is 19.4. The van der Waals surface area contributed by atoms with E-state index in [0.29, 0.717) is 45.9 Å². The van der Waals surface area contributed by atoms with Gasteiger partial charge in [-0.3, -0.25) is 4.79 Å². The van der Waals surface area contributed by atoms with Gasteiger partial charge in [0.1, 0.15) is 41.1 Å². The molecule has 13 heteroatoms. The van der Waals surface area contributed by atoms with Crippen molar-refractivity contribution in [2.75, 3.05) is 5.32 Å². The van der Waals surface area contributed by atoms with Crippen molar-refractivity contribution in [3.63, 3.8) is 0 Å². The highest BCUT2D eigenvalue weighted by Gasteiger charge is 2.21. The van der Waals surface area contributed by atoms with Crippen LogP contribution in [-0.2, 0) is 5.41 Å². The van der Waals surface area contributed by atoms with Crippen LogP contribution < -0.4 is 10.6 Å². The lowest BCUT2D eigenvalue weighted by Crippen LogP contribution is -2.27. The van der Waals surface area contributed by atoms with Gasteiger partial charge in [0.25, 0.3) is 5.91 Å². The summed E-state index contributed by atoms with van der Waals surface area (Å²) in [7, 11) is 0. The minimum atomic E-state index is -0.484. The fraction of sp³-hybridized carbons (Fsp3) is 0.273. The molecular weight excluding hydrogens is 452 g/mol. The first kappa shape index (κ1) is 22.1. The molecule has 0 aromatic carbocycles. The summed E-state index contributed by atoms with van der Waals surface area (Å²) >= 11 is 0. The molecule has 0 aliphatic carbocycles. The highest BCUT2D eigenvalue weighted by Crippen LogP contribution is 2.24. The largest absolute Gasteiger partial charge is 0.363 e. The minimum Gasteiger partial charge on any atom is -0.363 e. The van der Waals surface area contributed by atoms with E-state index < -0.39 is 11.9 Å². The Bertz CT molecular complexity index is 1480. The van der Waals surface area contributed by atoms with E-state index in [4.69, 9.17) is 9.05 Å². The lowest BCUT2D eigenvalue weighted by atomic mass is 9.96. The van der Waals surface area contributed by atoms with Crippen LogP contribution in [0.15, 0.2) is 46.0 Å². The zero-order valence-electron chi connectivity index (χ0n) is 19.4. The van der Waals surface area contributed by atoms with Gasteiger partial charge in [-0.25, -0.2) is 24.9 Å². The maximum atomic E-state index is 12.7. The summed E-state index contributed by atoms with van der Waals surface area (Å²) in [6.07, 6.45) is 4.41.